The molecule has 0 aliphatic rings. The zero-order valence-electron chi connectivity index (χ0n) is 6.34. The summed E-state index contributed by atoms with van der Waals surface area (Å²) in [5.74, 6) is 5.07. The lowest BCUT2D eigenvalue weighted by Crippen LogP contribution is -2.30. The maximum Gasteiger partial charge on any atom is 0.302 e. The van der Waals surface area contributed by atoms with Gasteiger partial charge in [0.15, 0.2) is 5.89 Å². The Bertz CT molecular complexity index is 279. The molecule has 0 unspecified atom stereocenters. The molecule has 0 aliphatic heterocycles. The van der Waals surface area contributed by atoms with Crippen LogP contribution in [0.1, 0.15) is 22.1 Å². The van der Waals surface area contributed by atoms with Crippen molar-refractivity contribution in [1.29, 1.82) is 0 Å². The molecule has 1 aromatic heterocycles. The van der Waals surface area contributed by atoms with Gasteiger partial charge >= 0.3 is 5.91 Å². The fraction of sp³-hybridized carbons (Fsp3) is 0.333. The van der Waals surface area contributed by atoms with Gasteiger partial charge in [-0.2, -0.15) is 0 Å². The number of nitrogens with zero attached hydrogens (tertiary/aromatic N) is 1. The number of hydrazine groups is 1. The van der Waals surface area contributed by atoms with Crippen molar-refractivity contribution in [2.45, 2.75) is 13.8 Å². The minimum Gasteiger partial charge on any atom is -0.436 e. The molecule has 0 spiro atoms. The second-order valence-corrected chi connectivity index (χ2v) is 2.12. The molecule has 0 saturated heterocycles. The van der Waals surface area contributed by atoms with E-state index in [4.69, 9.17) is 10.3 Å². The highest BCUT2D eigenvalue weighted by Crippen LogP contribution is 2.07. The van der Waals surface area contributed by atoms with E-state index in [-0.39, 0.29) is 5.76 Å². The maximum absolute atomic E-state index is 10.9. The predicted octanol–water partition coefficient (Wildman–Crippen LogP) is -0.105. The molecule has 5 heteroatoms. The summed E-state index contributed by atoms with van der Waals surface area (Å²) in [5.41, 5.74) is 2.51. The molecule has 0 aliphatic carbocycles. The number of hydrogen-bond donors (Lipinski definition) is 2. The summed E-state index contributed by atoms with van der Waals surface area (Å²) in [6.07, 6.45) is 0. The predicted molar refractivity (Wildman–Crippen MR) is 37.6 cm³/mol. The van der Waals surface area contributed by atoms with Crippen molar-refractivity contribution >= 4 is 5.91 Å². The summed E-state index contributed by atoms with van der Waals surface area (Å²) in [4.78, 5) is 14.8. The number of aromatic nitrogens is 1. The summed E-state index contributed by atoms with van der Waals surface area (Å²) in [5, 5.41) is 0. The van der Waals surface area contributed by atoms with Crippen LogP contribution < -0.4 is 11.3 Å². The molecule has 1 heterocycles. The number of nitrogens with two attached hydrogens (primary N) is 1. The molecular weight excluding hydrogens is 146 g/mol. The fourth-order valence-electron chi connectivity index (χ4n) is 0.808. The fourth-order valence-corrected chi connectivity index (χ4v) is 0.808. The van der Waals surface area contributed by atoms with Gasteiger partial charge in [0, 0.05) is 6.92 Å². The SMILES string of the molecule is Cc1nc(C)c(C(=O)NN)o1. The van der Waals surface area contributed by atoms with Crippen molar-refractivity contribution in [1.82, 2.24) is 10.4 Å². The highest BCUT2D eigenvalue weighted by Gasteiger charge is 2.13. The van der Waals surface area contributed by atoms with Gasteiger partial charge in [-0.25, -0.2) is 10.8 Å². The molecule has 5 nitrogen and oxygen atoms in total. The zero-order valence-corrected chi connectivity index (χ0v) is 6.34. The van der Waals surface area contributed by atoms with Crippen LogP contribution in [0.2, 0.25) is 0 Å². The highest BCUT2D eigenvalue weighted by atomic mass is 16.4. The Labute approximate surface area is 63.6 Å². The lowest BCUT2D eigenvalue weighted by molar-refractivity contribution is 0.0924. The second-order valence-electron chi connectivity index (χ2n) is 2.12. The van der Waals surface area contributed by atoms with Crippen LogP contribution in [-0.2, 0) is 0 Å². The quantitative estimate of drug-likeness (QED) is 0.337. The number of carbonyl (C=O) groups is 1. The molecule has 0 radical (unpaired) electrons. The number of carbonyl (C=O) groups excluding carboxylic acids is 1. The molecule has 0 fully saturated rings. The van der Waals surface area contributed by atoms with E-state index in [0.717, 1.165) is 0 Å². The third-order valence-corrected chi connectivity index (χ3v) is 1.24. The summed E-state index contributed by atoms with van der Waals surface area (Å²) in [6.45, 7) is 3.35. The Morgan fingerprint density at radius 1 is 1.64 bits per heavy atom. The average Bonchev–Trinajstić information content (AvgIpc) is 2.28. The number of amides is 1. The first-order valence-electron chi connectivity index (χ1n) is 3.10. The van der Waals surface area contributed by atoms with E-state index >= 15 is 0 Å². The van der Waals surface area contributed by atoms with Crippen molar-refractivity contribution in [3.8, 4) is 0 Å². The minimum atomic E-state index is -0.455. The van der Waals surface area contributed by atoms with Crippen molar-refractivity contribution in [2.75, 3.05) is 0 Å². The number of rotatable bonds is 1. The van der Waals surface area contributed by atoms with Crippen molar-refractivity contribution < 1.29 is 9.21 Å². The molecule has 1 aromatic rings. The van der Waals surface area contributed by atoms with Crippen molar-refractivity contribution in [3.63, 3.8) is 0 Å². The molecule has 0 saturated carbocycles. The number of nitrogen functional groups attached to an aromatic ring is 1. The molecule has 1 rings (SSSR count). The van der Waals surface area contributed by atoms with Gasteiger partial charge in [0.25, 0.3) is 0 Å². The Hall–Kier alpha value is -1.36. The summed E-state index contributed by atoms with van der Waals surface area (Å²) >= 11 is 0. The maximum atomic E-state index is 10.9. The molecule has 0 bridgehead atoms. The molecule has 11 heavy (non-hydrogen) atoms. The van der Waals surface area contributed by atoms with Crippen LogP contribution in [0.5, 0.6) is 0 Å². The van der Waals surface area contributed by atoms with E-state index in [1.807, 2.05) is 5.43 Å². The Kier molecular flexibility index (Phi) is 1.91. The van der Waals surface area contributed by atoms with E-state index in [0.29, 0.717) is 11.6 Å². The van der Waals surface area contributed by atoms with E-state index in [1.54, 1.807) is 13.8 Å². The second kappa shape index (κ2) is 2.71. The summed E-state index contributed by atoms with van der Waals surface area (Å²) in [7, 11) is 0. The van der Waals surface area contributed by atoms with Crippen molar-refractivity contribution in [2.24, 2.45) is 5.84 Å². The summed E-state index contributed by atoms with van der Waals surface area (Å²) < 4.78 is 4.96. The van der Waals surface area contributed by atoms with E-state index in [2.05, 4.69) is 4.98 Å². The monoisotopic (exact) mass is 155 g/mol. The molecule has 0 aromatic carbocycles. The van der Waals surface area contributed by atoms with Gasteiger partial charge in [0.2, 0.25) is 5.76 Å². The Balaban J connectivity index is 3.03. The molecular formula is C6H9N3O2. The van der Waals surface area contributed by atoms with Crippen LogP contribution in [0.4, 0.5) is 0 Å². The average molecular weight is 155 g/mol. The van der Waals surface area contributed by atoms with Crippen LogP contribution in [-0.4, -0.2) is 10.9 Å². The summed E-state index contributed by atoms with van der Waals surface area (Å²) in [6, 6.07) is 0. The largest absolute Gasteiger partial charge is 0.436 e. The number of oxazole rings is 1. The number of aryl methyl sites for hydroxylation is 2. The highest BCUT2D eigenvalue weighted by molar-refractivity contribution is 5.91. The number of hydrogen-bond acceptors (Lipinski definition) is 4. The molecule has 3 N–H and O–H groups in total. The Morgan fingerprint density at radius 2 is 2.27 bits per heavy atom. The van der Waals surface area contributed by atoms with Crippen LogP contribution >= 0.6 is 0 Å². The lowest BCUT2D eigenvalue weighted by Gasteiger charge is -1.92. The first kappa shape index (κ1) is 7.74. The van der Waals surface area contributed by atoms with Gasteiger partial charge in [0.05, 0.1) is 5.69 Å². The third kappa shape index (κ3) is 1.38. The third-order valence-electron chi connectivity index (χ3n) is 1.24. The standard InChI is InChI=1S/C6H9N3O2/c1-3-5(6(10)9-7)11-4(2)8-3/h7H2,1-2H3,(H,9,10). The van der Waals surface area contributed by atoms with E-state index < -0.39 is 5.91 Å². The van der Waals surface area contributed by atoms with E-state index in [9.17, 15) is 4.79 Å². The van der Waals surface area contributed by atoms with Crippen LogP contribution in [0.15, 0.2) is 4.42 Å². The molecule has 0 atom stereocenters. The van der Waals surface area contributed by atoms with Gasteiger partial charge in [-0.1, -0.05) is 0 Å². The van der Waals surface area contributed by atoms with Gasteiger partial charge in [-0.15, -0.1) is 0 Å². The first-order chi connectivity index (χ1) is 5.15. The molecule has 60 valence electrons. The first-order valence-corrected chi connectivity index (χ1v) is 3.10. The van der Waals surface area contributed by atoms with Gasteiger partial charge in [0.1, 0.15) is 0 Å². The number of nitrogens with one attached hydrogen (secondary N) is 1. The minimum absolute atomic E-state index is 0.171. The van der Waals surface area contributed by atoms with Crippen LogP contribution in [0.3, 0.4) is 0 Å². The van der Waals surface area contributed by atoms with Gasteiger partial charge in [-0.05, 0) is 6.92 Å². The lowest BCUT2D eigenvalue weighted by atomic mass is 10.3. The van der Waals surface area contributed by atoms with Crippen molar-refractivity contribution in [3.05, 3.63) is 17.3 Å². The zero-order chi connectivity index (χ0) is 8.43. The van der Waals surface area contributed by atoms with Crippen LogP contribution in [0.25, 0.3) is 0 Å². The Morgan fingerprint density at radius 3 is 2.64 bits per heavy atom. The van der Waals surface area contributed by atoms with E-state index in [1.165, 1.54) is 0 Å². The normalized spacial score (nSPS) is 9.73. The van der Waals surface area contributed by atoms with Gasteiger partial charge in [-0.3, -0.25) is 10.2 Å². The topological polar surface area (TPSA) is 81.2 Å². The van der Waals surface area contributed by atoms with Gasteiger partial charge < -0.3 is 4.42 Å². The smallest absolute Gasteiger partial charge is 0.302 e. The molecule has 1 amide bonds. The van der Waals surface area contributed by atoms with Crippen LogP contribution in [0, 0.1) is 13.8 Å².